The number of Topliss-reactive ketones (excluding diaryl/α,β-unsaturated/α-hetero) is 1. The fourth-order valence-corrected chi connectivity index (χ4v) is 5.22. The molecule has 2 aliphatic rings. The van der Waals surface area contributed by atoms with Crippen molar-refractivity contribution in [3.8, 4) is 11.8 Å². The number of halogens is 1. The lowest BCUT2D eigenvalue weighted by molar-refractivity contribution is -0.139. The third kappa shape index (κ3) is 5.73. The summed E-state index contributed by atoms with van der Waals surface area (Å²) in [5.74, 6) is 1.93. The summed E-state index contributed by atoms with van der Waals surface area (Å²) in [4.78, 5) is 51.2. The van der Waals surface area contributed by atoms with Crippen molar-refractivity contribution in [3.63, 3.8) is 0 Å². The Hall–Kier alpha value is -4.84. The normalized spacial score (nSPS) is 16.0. The smallest absolute Gasteiger partial charge is 0.310 e. The van der Waals surface area contributed by atoms with E-state index in [2.05, 4.69) is 22.5 Å². The molecule has 208 valence electrons. The maximum absolute atomic E-state index is 13.6. The van der Waals surface area contributed by atoms with Crippen molar-refractivity contribution in [3.05, 3.63) is 83.4 Å². The zero-order valence-electron chi connectivity index (χ0n) is 22.6. The number of carbonyl (C=O) groups is 4. The van der Waals surface area contributed by atoms with Crippen LogP contribution in [0.5, 0.6) is 0 Å². The minimum absolute atomic E-state index is 0.00728. The number of carbonyl (C=O) groups excluding carboxylic acids is 4. The Morgan fingerprint density at radius 1 is 0.927 bits per heavy atom. The van der Waals surface area contributed by atoms with Crippen LogP contribution in [0.15, 0.2) is 66.7 Å². The second kappa shape index (κ2) is 11.0. The van der Waals surface area contributed by atoms with Gasteiger partial charge in [-0.3, -0.25) is 19.2 Å². The highest BCUT2D eigenvalue weighted by molar-refractivity contribution is 6.49. The van der Waals surface area contributed by atoms with E-state index in [9.17, 15) is 23.6 Å². The van der Waals surface area contributed by atoms with Crippen LogP contribution in [0, 0.1) is 17.3 Å². The molecule has 1 aliphatic carbocycles. The van der Waals surface area contributed by atoms with E-state index in [1.165, 1.54) is 11.8 Å². The van der Waals surface area contributed by atoms with Crippen LogP contribution in [0.3, 0.4) is 0 Å². The number of benzene rings is 3. The number of nitrogens with one attached hydrogen (secondary N) is 3. The predicted octanol–water partition coefficient (Wildman–Crippen LogP) is 3.08. The SMILES string of the molecule is CC1(F)CN(C(=O)C#CCNC(=O)C(=O)NCc2ccccc2C(=O)C(=N)C2(c3cccc4ccccc34)CC2)C1. The van der Waals surface area contributed by atoms with E-state index >= 15 is 0 Å². The highest BCUT2D eigenvalue weighted by atomic mass is 19.1. The number of alkyl halides is 1. The molecule has 3 N–H and O–H groups in total. The topological polar surface area (TPSA) is 119 Å². The Morgan fingerprint density at radius 2 is 1.59 bits per heavy atom. The molecule has 0 unspecified atom stereocenters. The summed E-state index contributed by atoms with van der Waals surface area (Å²) in [7, 11) is 0. The second-order valence-corrected chi connectivity index (χ2v) is 10.7. The van der Waals surface area contributed by atoms with E-state index in [1.807, 2.05) is 42.5 Å². The summed E-state index contributed by atoms with van der Waals surface area (Å²) < 4.78 is 13.5. The molecule has 1 heterocycles. The van der Waals surface area contributed by atoms with Crippen molar-refractivity contribution in [2.24, 2.45) is 0 Å². The molecule has 9 heteroatoms. The molecule has 2 fully saturated rings. The van der Waals surface area contributed by atoms with Gasteiger partial charge in [0, 0.05) is 17.5 Å². The lowest BCUT2D eigenvalue weighted by Crippen LogP contribution is -2.58. The standard InChI is InChI=1S/C32H29FN4O4/c1-31(33)19-37(20-31)26(38)14-7-17-35-29(40)30(41)36-18-22-9-3-5-12-24(22)27(39)28(34)32(15-16-32)25-13-6-10-21-8-2-4-11-23(21)25/h2-6,8-13,34H,15-20H2,1H3,(H,35,40)(H,36,41). The number of fused-ring (bicyclic) bond motifs is 1. The molecule has 3 amide bonds. The maximum atomic E-state index is 13.6. The molecule has 0 radical (unpaired) electrons. The lowest BCUT2D eigenvalue weighted by atomic mass is 9.83. The maximum Gasteiger partial charge on any atom is 0.310 e. The third-order valence-corrected chi connectivity index (χ3v) is 7.53. The molecule has 0 bridgehead atoms. The van der Waals surface area contributed by atoms with Crippen LogP contribution < -0.4 is 10.6 Å². The molecule has 8 nitrogen and oxygen atoms in total. The van der Waals surface area contributed by atoms with Gasteiger partial charge in [-0.2, -0.15) is 0 Å². The average Bonchev–Trinajstić information content (AvgIpc) is 3.77. The van der Waals surface area contributed by atoms with Crippen LogP contribution in [-0.2, 0) is 26.3 Å². The van der Waals surface area contributed by atoms with Crippen LogP contribution in [-0.4, -0.2) is 59.4 Å². The summed E-state index contributed by atoms with van der Waals surface area (Å²) in [5, 5.41) is 15.8. The van der Waals surface area contributed by atoms with Crippen LogP contribution in [0.4, 0.5) is 4.39 Å². The fraction of sp³-hybridized carbons (Fsp3) is 0.281. The van der Waals surface area contributed by atoms with Crippen LogP contribution in [0.1, 0.15) is 41.3 Å². The molecular formula is C32H29FN4O4. The largest absolute Gasteiger partial charge is 0.344 e. The van der Waals surface area contributed by atoms with E-state index in [1.54, 1.807) is 24.3 Å². The van der Waals surface area contributed by atoms with Gasteiger partial charge in [-0.15, -0.1) is 0 Å². The summed E-state index contributed by atoms with van der Waals surface area (Å²) in [5.41, 5.74) is -0.303. The number of amides is 3. The quantitative estimate of drug-likeness (QED) is 0.181. The minimum Gasteiger partial charge on any atom is -0.344 e. The van der Waals surface area contributed by atoms with Crippen molar-refractivity contribution in [1.82, 2.24) is 15.5 Å². The van der Waals surface area contributed by atoms with Gasteiger partial charge in [-0.25, -0.2) is 4.39 Å². The molecule has 1 saturated carbocycles. The minimum atomic E-state index is -1.40. The van der Waals surface area contributed by atoms with Gasteiger partial charge in [-0.1, -0.05) is 72.7 Å². The van der Waals surface area contributed by atoms with Gasteiger partial charge in [0.25, 0.3) is 5.91 Å². The van der Waals surface area contributed by atoms with Gasteiger partial charge >= 0.3 is 11.8 Å². The summed E-state index contributed by atoms with van der Waals surface area (Å²) in [6.45, 7) is 1.02. The molecule has 41 heavy (non-hydrogen) atoms. The van der Waals surface area contributed by atoms with Gasteiger partial charge < -0.3 is 20.9 Å². The Kier molecular flexibility index (Phi) is 7.41. The second-order valence-electron chi connectivity index (χ2n) is 10.7. The van der Waals surface area contributed by atoms with Crippen molar-refractivity contribution in [1.29, 1.82) is 5.41 Å². The molecule has 3 aromatic rings. The Bertz CT molecular complexity index is 1630. The van der Waals surface area contributed by atoms with E-state index < -0.39 is 34.6 Å². The molecule has 0 spiro atoms. The number of hydrogen-bond acceptors (Lipinski definition) is 5. The van der Waals surface area contributed by atoms with Crippen LogP contribution in [0.25, 0.3) is 10.8 Å². The number of ketones is 1. The molecule has 1 saturated heterocycles. The monoisotopic (exact) mass is 552 g/mol. The average molecular weight is 553 g/mol. The zero-order chi connectivity index (χ0) is 29.2. The molecule has 0 aromatic heterocycles. The van der Waals surface area contributed by atoms with Crippen molar-refractivity contribution in [2.45, 2.75) is 37.4 Å². The van der Waals surface area contributed by atoms with E-state index in [4.69, 9.17) is 5.41 Å². The van der Waals surface area contributed by atoms with Gasteiger partial charge in [0.05, 0.1) is 25.3 Å². The molecule has 1 aliphatic heterocycles. The van der Waals surface area contributed by atoms with Crippen molar-refractivity contribution < 1.29 is 23.6 Å². The first-order valence-corrected chi connectivity index (χ1v) is 13.3. The summed E-state index contributed by atoms with van der Waals surface area (Å²) in [6.07, 6.45) is 1.40. The summed E-state index contributed by atoms with van der Waals surface area (Å²) >= 11 is 0. The van der Waals surface area contributed by atoms with E-state index in [-0.39, 0.29) is 31.9 Å². The predicted molar refractivity (Wildman–Crippen MR) is 152 cm³/mol. The van der Waals surface area contributed by atoms with E-state index in [0.717, 1.165) is 16.3 Å². The third-order valence-electron chi connectivity index (χ3n) is 7.53. The van der Waals surface area contributed by atoms with Gasteiger partial charge in [0.2, 0.25) is 5.78 Å². The number of likely N-dealkylation sites (tertiary alicyclic amines) is 1. The van der Waals surface area contributed by atoms with Crippen LogP contribution >= 0.6 is 0 Å². The van der Waals surface area contributed by atoms with Crippen molar-refractivity contribution in [2.75, 3.05) is 19.6 Å². The Morgan fingerprint density at radius 3 is 2.32 bits per heavy atom. The molecule has 5 rings (SSSR count). The van der Waals surface area contributed by atoms with E-state index in [0.29, 0.717) is 24.0 Å². The number of nitrogens with zero attached hydrogens (tertiary/aromatic N) is 1. The highest BCUT2D eigenvalue weighted by Gasteiger charge is 2.51. The van der Waals surface area contributed by atoms with Gasteiger partial charge in [0.15, 0.2) is 0 Å². The van der Waals surface area contributed by atoms with Crippen molar-refractivity contribution >= 4 is 40.0 Å². The highest BCUT2D eigenvalue weighted by Crippen LogP contribution is 2.51. The first-order chi connectivity index (χ1) is 19.6. The Balaban J connectivity index is 1.20. The number of rotatable bonds is 7. The molecular weight excluding hydrogens is 523 g/mol. The summed E-state index contributed by atoms with van der Waals surface area (Å²) in [6, 6.07) is 20.6. The molecule has 3 aromatic carbocycles. The first kappa shape index (κ1) is 27.7. The van der Waals surface area contributed by atoms with Gasteiger partial charge in [-0.05, 0) is 47.6 Å². The van der Waals surface area contributed by atoms with Gasteiger partial charge in [0.1, 0.15) is 5.67 Å². The number of hydrogen-bond donors (Lipinski definition) is 3. The molecule has 0 atom stereocenters. The Labute approximate surface area is 236 Å². The fourth-order valence-electron chi connectivity index (χ4n) is 5.22. The zero-order valence-corrected chi connectivity index (χ0v) is 22.6. The first-order valence-electron chi connectivity index (χ1n) is 13.3. The van der Waals surface area contributed by atoms with Crippen LogP contribution in [0.2, 0.25) is 0 Å². The lowest BCUT2D eigenvalue weighted by Gasteiger charge is -2.40.